The highest BCUT2D eigenvalue weighted by atomic mass is 35.5. The molecular weight excluding hydrogens is 568 g/mol. The zero-order chi connectivity index (χ0) is 29.8. The number of alkyl halides is 2. The van der Waals surface area contributed by atoms with Gasteiger partial charge in [-0.3, -0.25) is 18.7 Å². The molecule has 0 radical (unpaired) electrons. The minimum atomic E-state index is -4.72. The molecule has 0 aliphatic carbocycles. The van der Waals surface area contributed by atoms with Gasteiger partial charge < -0.3 is 25.1 Å². The summed E-state index contributed by atoms with van der Waals surface area (Å²) in [5.74, 6) is -2.12. The Balaban J connectivity index is 2.21. The van der Waals surface area contributed by atoms with Crippen molar-refractivity contribution in [1.82, 2.24) is 9.55 Å². The van der Waals surface area contributed by atoms with E-state index in [0.717, 1.165) is 10.8 Å². The summed E-state index contributed by atoms with van der Waals surface area (Å²) in [7, 11) is -4.72. The maximum atomic E-state index is 15.1. The first-order valence-electron chi connectivity index (χ1n) is 11.6. The number of rotatable bonds is 11. The molecular formula is C22H34ClFN3O11P. The molecule has 1 aromatic rings. The fourth-order valence-electron chi connectivity index (χ4n) is 2.94. The third kappa shape index (κ3) is 8.43. The molecule has 4 atom stereocenters. The van der Waals surface area contributed by atoms with Crippen LogP contribution in [0.5, 0.6) is 0 Å². The number of esters is 2. The van der Waals surface area contributed by atoms with E-state index in [-0.39, 0.29) is 5.82 Å². The predicted molar refractivity (Wildman–Crippen MR) is 134 cm³/mol. The molecule has 0 amide bonds. The summed E-state index contributed by atoms with van der Waals surface area (Å²) in [5, 5.41) is 10.6. The number of carbonyl (C=O) groups excluding carboxylic acids is 2. The van der Waals surface area contributed by atoms with Crippen LogP contribution in [-0.2, 0) is 41.9 Å². The van der Waals surface area contributed by atoms with Crippen LogP contribution in [0.25, 0.3) is 0 Å². The number of aliphatic hydroxyl groups is 1. The first-order valence-corrected chi connectivity index (χ1v) is 13.6. The van der Waals surface area contributed by atoms with Crippen LogP contribution in [0, 0.1) is 10.8 Å². The minimum absolute atomic E-state index is 0.119. The Labute approximate surface area is 229 Å². The Kier molecular flexibility index (Phi) is 10.7. The molecule has 1 aromatic heterocycles. The van der Waals surface area contributed by atoms with Crippen LogP contribution >= 0.6 is 19.4 Å². The second kappa shape index (κ2) is 12.6. The Morgan fingerprint density at radius 3 is 2.10 bits per heavy atom. The lowest BCUT2D eigenvalue weighted by Crippen LogP contribution is -2.47. The molecule has 0 saturated carbocycles. The normalized spacial score (nSPS) is 24.0. The number of ether oxygens (including phenoxy) is 3. The van der Waals surface area contributed by atoms with Crippen molar-refractivity contribution in [1.29, 1.82) is 0 Å². The molecule has 1 aliphatic heterocycles. The molecule has 0 spiro atoms. The summed E-state index contributed by atoms with van der Waals surface area (Å²) in [6.45, 7) is 6.77. The van der Waals surface area contributed by atoms with Crippen LogP contribution in [0.15, 0.2) is 17.1 Å². The molecule has 14 nitrogen and oxygen atoms in total. The molecule has 17 heteroatoms. The Bertz CT molecular complexity index is 1100. The van der Waals surface area contributed by atoms with Gasteiger partial charge >= 0.3 is 25.5 Å². The van der Waals surface area contributed by atoms with E-state index < -0.39 is 86.5 Å². The number of nitrogens with two attached hydrogens (primary N) is 1. The van der Waals surface area contributed by atoms with Crippen LogP contribution in [0.2, 0.25) is 0 Å². The van der Waals surface area contributed by atoms with E-state index in [1.807, 2.05) is 0 Å². The average Bonchev–Trinajstić information content (AvgIpc) is 3.07. The number of aliphatic hydroxyl groups excluding tert-OH is 1. The average molecular weight is 602 g/mol. The van der Waals surface area contributed by atoms with Gasteiger partial charge in [-0.25, -0.2) is 22.8 Å². The van der Waals surface area contributed by atoms with Crippen LogP contribution < -0.4 is 11.4 Å². The number of phosphoric ester groups is 1. The maximum absolute atomic E-state index is 15.1. The number of anilines is 1. The van der Waals surface area contributed by atoms with Crippen molar-refractivity contribution in [3.05, 3.63) is 22.7 Å². The van der Waals surface area contributed by atoms with E-state index in [1.54, 1.807) is 41.5 Å². The van der Waals surface area contributed by atoms with Gasteiger partial charge in [-0.15, -0.1) is 11.6 Å². The molecule has 2 rings (SSSR count). The lowest BCUT2D eigenvalue weighted by molar-refractivity contribution is -0.164. The van der Waals surface area contributed by atoms with Crippen molar-refractivity contribution in [2.75, 3.05) is 31.8 Å². The zero-order valence-electron chi connectivity index (χ0n) is 22.4. The minimum Gasteiger partial charge on any atom is -0.437 e. The van der Waals surface area contributed by atoms with Crippen molar-refractivity contribution < 1.29 is 51.4 Å². The number of nitrogens with zero attached hydrogens (tertiary/aromatic N) is 2. The number of hydrogen-bond donors (Lipinski definition) is 2. The number of hydrogen-bond acceptors (Lipinski definition) is 13. The number of nitrogen functional groups attached to an aromatic ring is 1. The monoisotopic (exact) mass is 601 g/mol. The van der Waals surface area contributed by atoms with E-state index in [1.165, 1.54) is 6.07 Å². The zero-order valence-corrected chi connectivity index (χ0v) is 24.1. The van der Waals surface area contributed by atoms with Crippen molar-refractivity contribution >= 4 is 37.2 Å². The number of phosphoric acid groups is 1. The summed E-state index contributed by atoms with van der Waals surface area (Å²) in [6.07, 6.45) is -4.75. The molecule has 1 fully saturated rings. The first kappa shape index (κ1) is 33.1. The number of aromatic nitrogens is 2. The molecule has 0 bridgehead atoms. The molecule has 39 heavy (non-hydrogen) atoms. The quantitative estimate of drug-likeness (QED) is 0.163. The van der Waals surface area contributed by atoms with Gasteiger partial charge in [0.05, 0.1) is 23.3 Å². The highest BCUT2D eigenvalue weighted by molar-refractivity contribution is 7.48. The van der Waals surface area contributed by atoms with Gasteiger partial charge in [0, 0.05) is 6.20 Å². The van der Waals surface area contributed by atoms with Crippen LogP contribution in [0.1, 0.15) is 47.8 Å². The Morgan fingerprint density at radius 2 is 1.67 bits per heavy atom. The van der Waals surface area contributed by atoms with Gasteiger partial charge in [0.25, 0.3) is 0 Å². The van der Waals surface area contributed by atoms with Crippen molar-refractivity contribution in [3.8, 4) is 0 Å². The largest absolute Gasteiger partial charge is 0.480 e. The van der Waals surface area contributed by atoms with Crippen molar-refractivity contribution in [2.24, 2.45) is 10.8 Å². The summed E-state index contributed by atoms with van der Waals surface area (Å²) < 4.78 is 60.0. The lowest BCUT2D eigenvalue weighted by Gasteiger charge is -2.30. The summed E-state index contributed by atoms with van der Waals surface area (Å²) in [5.41, 5.74) is 0.612. The maximum Gasteiger partial charge on any atom is 0.480 e. The van der Waals surface area contributed by atoms with Crippen molar-refractivity contribution in [3.63, 3.8) is 0 Å². The molecule has 3 N–H and O–H groups in total. The van der Waals surface area contributed by atoms with E-state index in [0.29, 0.717) is 0 Å². The van der Waals surface area contributed by atoms with Gasteiger partial charge in [-0.2, -0.15) is 4.98 Å². The van der Waals surface area contributed by atoms with Gasteiger partial charge in [-0.1, -0.05) is 0 Å². The molecule has 1 saturated heterocycles. The van der Waals surface area contributed by atoms with E-state index >= 15 is 4.39 Å². The van der Waals surface area contributed by atoms with Gasteiger partial charge in [0.1, 0.15) is 17.5 Å². The Hall–Kier alpha value is -2.13. The second-order valence-electron chi connectivity index (χ2n) is 10.7. The Morgan fingerprint density at radius 1 is 1.15 bits per heavy atom. The van der Waals surface area contributed by atoms with Crippen LogP contribution in [0.3, 0.4) is 0 Å². The summed E-state index contributed by atoms with van der Waals surface area (Å²) in [6, 6.07) is 1.22. The van der Waals surface area contributed by atoms with Gasteiger partial charge in [0.15, 0.2) is 12.4 Å². The highest BCUT2D eigenvalue weighted by Gasteiger charge is 2.57. The van der Waals surface area contributed by atoms with E-state index in [4.69, 9.17) is 45.1 Å². The number of halogens is 2. The number of carbonyl (C=O) groups is 2. The van der Waals surface area contributed by atoms with E-state index in [2.05, 4.69) is 4.98 Å². The van der Waals surface area contributed by atoms with Crippen LogP contribution in [-0.4, -0.2) is 70.5 Å². The second-order valence-corrected chi connectivity index (χ2v) is 12.7. The molecule has 0 aromatic carbocycles. The van der Waals surface area contributed by atoms with Crippen LogP contribution in [0.4, 0.5) is 10.2 Å². The lowest BCUT2D eigenvalue weighted by atomic mass is 9.98. The molecule has 1 unspecified atom stereocenters. The molecule has 2 heterocycles. The summed E-state index contributed by atoms with van der Waals surface area (Å²) >= 11 is 6.00. The predicted octanol–water partition coefficient (Wildman–Crippen LogP) is 2.28. The topological polar surface area (TPSA) is 188 Å². The van der Waals surface area contributed by atoms with Gasteiger partial charge in [0.2, 0.25) is 13.6 Å². The third-order valence-corrected chi connectivity index (χ3v) is 7.05. The van der Waals surface area contributed by atoms with Gasteiger partial charge in [-0.05, 0) is 47.6 Å². The summed E-state index contributed by atoms with van der Waals surface area (Å²) in [4.78, 5) is 39.7. The first-order chi connectivity index (χ1) is 17.8. The SMILES string of the molecule is CC(C)(C)C(=O)OCOP(=O)(OCOC(=O)C(C)(C)C)OC[C@@]1(CCl)OC(n2ccc(N)nc2=O)[C@H](F)[C@@H]1O. The fourth-order valence-corrected chi connectivity index (χ4v) is 4.20. The standard InChI is InChI=1S/C22H34ClFN3O11P/c1-20(2,3)17(29)33-11-36-39(32,37-12-34-18(30)21(4,5)6)35-10-22(9-23)15(28)14(24)16(38-22)27-8-7-13(25)26-19(27)31/h7-8,14-16,28H,9-12H2,1-6H3,(H2,25,26,31)/t14-,15+,16?,22-/m1/s1. The smallest absolute Gasteiger partial charge is 0.437 e. The third-order valence-electron chi connectivity index (χ3n) is 5.31. The molecule has 1 aliphatic rings. The fraction of sp³-hybridized carbons (Fsp3) is 0.727. The van der Waals surface area contributed by atoms with Crippen molar-refractivity contribution in [2.45, 2.75) is 65.6 Å². The molecule has 222 valence electrons. The highest BCUT2D eigenvalue weighted by Crippen LogP contribution is 2.52. The van der Waals surface area contributed by atoms with E-state index in [9.17, 15) is 24.1 Å².